The predicted molar refractivity (Wildman–Crippen MR) is 84.8 cm³/mol. The van der Waals surface area contributed by atoms with E-state index in [4.69, 9.17) is 4.74 Å². The SMILES string of the molecule is C=CC[C@](CNC(=O)OC(C)(C)C)(C(=O)O)c1ccccc1. The molecule has 1 rings (SSSR count). The number of nitrogens with one attached hydrogen (secondary N) is 1. The summed E-state index contributed by atoms with van der Waals surface area (Å²) in [5.74, 6) is -1.02. The number of alkyl carbamates (subject to hydrolysis) is 1. The Morgan fingerprint density at radius 2 is 1.86 bits per heavy atom. The van der Waals surface area contributed by atoms with E-state index in [9.17, 15) is 14.7 Å². The maximum absolute atomic E-state index is 11.9. The summed E-state index contributed by atoms with van der Waals surface area (Å²) in [6.45, 7) is 8.80. The first-order valence-electron chi connectivity index (χ1n) is 7.08. The van der Waals surface area contributed by atoms with Crippen molar-refractivity contribution in [2.75, 3.05) is 6.54 Å². The highest BCUT2D eigenvalue weighted by Gasteiger charge is 2.40. The van der Waals surface area contributed by atoms with Crippen LogP contribution in [0.15, 0.2) is 43.0 Å². The van der Waals surface area contributed by atoms with Crippen LogP contribution in [-0.4, -0.2) is 29.3 Å². The Morgan fingerprint density at radius 1 is 1.27 bits per heavy atom. The lowest BCUT2D eigenvalue weighted by molar-refractivity contribution is -0.143. The minimum atomic E-state index is -1.26. The van der Waals surface area contributed by atoms with Crippen LogP contribution in [0.25, 0.3) is 0 Å². The van der Waals surface area contributed by atoms with Gasteiger partial charge in [0.2, 0.25) is 0 Å². The fourth-order valence-corrected chi connectivity index (χ4v) is 2.12. The van der Waals surface area contributed by atoms with Gasteiger partial charge in [0, 0.05) is 6.54 Å². The zero-order valence-corrected chi connectivity index (χ0v) is 13.3. The Balaban J connectivity index is 2.99. The van der Waals surface area contributed by atoms with Gasteiger partial charge in [0.05, 0.1) is 0 Å². The number of hydrogen-bond acceptors (Lipinski definition) is 3. The zero-order valence-electron chi connectivity index (χ0n) is 13.3. The molecule has 0 radical (unpaired) electrons. The lowest BCUT2D eigenvalue weighted by Crippen LogP contribution is -2.47. The quantitative estimate of drug-likeness (QED) is 0.792. The number of aliphatic carboxylic acids is 1. The standard InChI is InChI=1S/C17H23NO4/c1-5-11-17(14(19)20,13-9-7-6-8-10-13)12-18-15(21)22-16(2,3)4/h5-10H,1,11-12H2,2-4H3,(H,18,21)(H,19,20)/t17-/m1/s1. The molecule has 0 fully saturated rings. The highest BCUT2D eigenvalue weighted by Crippen LogP contribution is 2.28. The summed E-state index contributed by atoms with van der Waals surface area (Å²) in [5.41, 5.74) is -1.29. The summed E-state index contributed by atoms with van der Waals surface area (Å²) in [6.07, 6.45) is 1.10. The van der Waals surface area contributed by atoms with Crippen LogP contribution in [0.5, 0.6) is 0 Å². The molecule has 0 bridgehead atoms. The van der Waals surface area contributed by atoms with Crippen molar-refractivity contribution in [1.29, 1.82) is 0 Å². The van der Waals surface area contributed by atoms with Crippen molar-refractivity contribution in [3.63, 3.8) is 0 Å². The van der Waals surface area contributed by atoms with Gasteiger partial charge in [0.25, 0.3) is 0 Å². The Labute approximate surface area is 131 Å². The minimum Gasteiger partial charge on any atom is -0.481 e. The molecule has 0 aliphatic carbocycles. The lowest BCUT2D eigenvalue weighted by Gasteiger charge is -2.30. The monoisotopic (exact) mass is 305 g/mol. The first-order chi connectivity index (χ1) is 10.2. The van der Waals surface area contributed by atoms with Crippen LogP contribution in [0, 0.1) is 0 Å². The first-order valence-corrected chi connectivity index (χ1v) is 7.08. The van der Waals surface area contributed by atoms with E-state index in [0.29, 0.717) is 5.56 Å². The Kier molecular flexibility index (Phi) is 5.74. The molecule has 1 atom stereocenters. The topological polar surface area (TPSA) is 75.6 Å². The van der Waals surface area contributed by atoms with E-state index >= 15 is 0 Å². The normalized spacial score (nSPS) is 13.8. The van der Waals surface area contributed by atoms with Gasteiger partial charge < -0.3 is 15.2 Å². The second-order valence-corrected chi connectivity index (χ2v) is 6.10. The molecule has 0 aliphatic heterocycles. The van der Waals surface area contributed by atoms with Crippen molar-refractivity contribution in [1.82, 2.24) is 5.32 Å². The second-order valence-electron chi connectivity index (χ2n) is 6.10. The van der Waals surface area contributed by atoms with Crippen LogP contribution in [-0.2, 0) is 14.9 Å². The van der Waals surface area contributed by atoms with Crippen molar-refractivity contribution in [2.24, 2.45) is 0 Å². The molecule has 1 amide bonds. The second kappa shape index (κ2) is 7.11. The van der Waals surface area contributed by atoms with Gasteiger partial charge in [-0.15, -0.1) is 6.58 Å². The average molecular weight is 305 g/mol. The summed E-state index contributed by atoms with van der Waals surface area (Å²) >= 11 is 0. The number of hydrogen-bond donors (Lipinski definition) is 2. The van der Waals surface area contributed by atoms with Crippen LogP contribution in [0.4, 0.5) is 4.79 Å². The number of allylic oxidation sites excluding steroid dienone is 1. The molecule has 120 valence electrons. The van der Waals surface area contributed by atoms with E-state index in [-0.39, 0.29) is 13.0 Å². The first kappa shape index (κ1) is 17.8. The predicted octanol–water partition coefficient (Wildman–Crippen LogP) is 3.11. The Hall–Kier alpha value is -2.30. The Bertz CT molecular complexity index is 533. The average Bonchev–Trinajstić information content (AvgIpc) is 2.42. The van der Waals surface area contributed by atoms with E-state index in [2.05, 4.69) is 11.9 Å². The van der Waals surface area contributed by atoms with Crippen LogP contribution >= 0.6 is 0 Å². The smallest absolute Gasteiger partial charge is 0.407 e. The van der Waals surface area contributed by atoms with Gasteiger partial charge >= 0.3 is 12.1 Å². The molecule has 2 N–H and O–H groups in total. The fraction of sp³-hybridized carbons (Fsp3) is 0.412. The number of carbonyl (C=O) groups is 2. The molecule has 0 spiro atoms. The van der Waals surface area contributed by atoms with Crippen molar-refractivity contribution in [3.8, 4) is 0 Å². The number of carboxylic acids is 1. The van der Waals surface area contributed by atoms with Gasteiger partial charge in [-0.05, 0) is 32.8 Å². The molecule has 0 aliphatic rings. The number of benzene rings is 1. The van der Waals surface area contributed by atoms with Crippen molar-refractivity contribution in [3.05, 3.63) is 48.6 Å². The van der Waals surface area contributed by atoms with Crippen molar-refractivity contribution < 1.29 is 19.4 Å². The third kappa shape index (κ3) is 4.62. The zero-order chi connectivity index (χ0) is 16.8. The molecule has 0 aromatic heterocycles. The summed E-state index contributed by atoms with van der Waals surface area (Å²) in [5, 5.41) is 12.3. The van der Waals surface area contributed by atoms with E-state index < -0.39 is 23.1 Å². The summed E-state index contributed by atoms with van der Waals surface area (Å²) in [7, 11) is 0. The van der Waals surface area contributed by atoms with Gasteiger partial charge in [0.1, 0.15) is 11.0 Å². The number of rotatable bonds is 6. The van der Waals surface area contributed by atoms with E-state index in [0.717, 1.165) is 0 Å². The van der Waals surface area contributed by atoms with E-state index in [1.54, 1.807) is 45.0 Å². The van der Waals surface area contributed by atoms with Gasteiger partial charge in [-0.25, -0.2) is 4.79 Å². The third-order valence-electron chi connectivity index (χ3n) is 3.16. The van der Waals surface area contributed by atoms with Crippen LogP contribution in [0.3, 0.4) is 0 Å². The van der Waals surface area contributed by atoms with E-state index in [1.165, 1.54) is 6.08 Å². The van der Waals surface area contributed by atoms with Gasteiger partial charge in [-0.1, -0.05) is 36.4 Å². The molecular formula is C17H23NO4. The molecule has 0 saturated carbocycles. The summed E-state index contributed by atoms with van der Waals surface area (Å²) in [4.78, 5) is 23.7. The number of amides is 1. The molecule has 0 heterocycles. The molecule has 0 saturated heterocycles. The maximum Gasteiger partial charge on any atom is 0.407 e. The minimum absolute atomic E-state index is 0.0761. The number of carboxylic acid groups (broad SMARTS) is 1. The van der Waals surface area contributed by atoms with Crippen molar-refractivity contribution >= 4 is 12.1 Å². The fourth-order valence-electron chi connectivity index (χ4n) is 2.12. The van der Waals surface area contributed by atoms with Crippen LogP contribution < -0.4 is 5.32 Å². The summed E-state index contributed by atoms with van der Waals surface area (Å²) < 4.78 is 5.16. The van der Waals surface area contributed by atoms with Crippen LogP contribution in [0.1, 0.15) is 32.8 Å². The highest BCUT2D eigenvalue weighted by atomic mass is 16.6. The highest BCUT2D eigenvalue weighted by molar-refractivity contribution is 5.83. The number of ether oxygens (including phenoxy) is 1. The van der Waals surface area contributed by atoms with Gasteiger partial charge in [-0.2, -0.15) is 0 Å². The van der Waals surface area contributed by atoms with Crippen molar-refractivity contribution in [2.45, 2.75) is 38.2 Å². The van der Waals surface area contributed by atoms with Gasteiger partial charge in [0.15, 0.2) is 0 Å². The molecule has 22 heavy (non-hydrogen) atoms. The molecule has 0 unspecified atom stereocenters. The molecular weight excluding hydrogens is 282 g/mol. The summed E-state index contributed by atoms with van der Waals surface area (Å²) in [6, 6.07) is 8.81. The molecule has 1 aromatic rings. The molecule has 5 nitrogen and oxygen atoms in total. The van der Waals surface area contributed by atoms with Crippen LogP contribution in [0.2, 0.25) is 0 Å². The van der Waals surface area contributed by atoms with Gasteiger partial charge in [-0.3, -0.25) is 4.79 Å². The molecule has 5 heteroatoms. The molecule has 1 aromatic carbocycles. The third-order valence-corrected chi connectivity index (χ3v) is 3.16. The maximum atomic E-state index is 11.9. The number of carbonyl (C=O) groups excluding carboxylic acids is 1. The van der Waals surface area contributed by atoms with E-state index in [1.807, 2.05) is 6.07 Å². The lowest BCUT2D eigenvalue weighted by atomic mass is 9.77. The largest absolute Gasteiger partial charge is 0.481 e. The Morgan fingerprint density at radius 3 is 2.32 bits per heavy atom.